The van der Waals surface area contributed by atoms with Crippen molar-refractivity contribution in [1.82, 2.24) is 4.90 Å². The molecule has 2 aromatic carbocycles. The highest BCUT2D eigenvalue weighted by Crippen LogP contribution is 2.27. The first-order chi connectivity index (χ1) is 13.4. The van der Waals surface area contributed by atoms with E-state index in [9.17, 15) is 4.79 Å². The number of nitrogens with zero attached hydrogens (tertiary/aromatic N) is 2. The summed E-state index contributed by atoms with van der Waals surface area (Å²) in [6.45, 7) is 13.4. The number of carbonyl (C=O) groups is 1. The zero-order chi connectivity index (χ0) is 20.1. The second kappa shape index (κ2) is 9.24. The van der Waals surface area contributed by atoms with Crippen molar-refractivity contribution >= 4 is 17.3 Å². The van der Waals surface area contributed by atoms with E-state index in [1.807, 2.05) is 0 Å². The van der Waals surface area contributed by atoms with Crippen LogP contribution in [0, 0.1) is 13.8 Å². The first kappa shape index (κ1) is 20.4. The van der Waals surface area contributed by atoms with Crippen LogP contribution in [0.2, 0.25) is 0 Å². The number of hydrogen-bond acceptors (Lipinski definition) is 3. The Kier molecular flexibility index (Phi) is 6.74. The number of amides is 1. The Morgan fingerprint density at radius 2 is 1.75 bits per heavy atom. The van der Waals surface area contributed by atoms with Crippen LogP contribution < -0.4 is 10.2 Å². The fourth-order valence-electron chi connectivity index (χ4n) is 3.86. The number of nitrogens with one attached hydrogen (secondary N) is 1. The molecule has 1 heterocycles. The fourth-order valence-corrected chi connectivity index (χ4v) is 3.86. The minimum Gasteiger partial charge on any atom is -0.369 e. The van der Waals surface area contributed by atoms with Crippen LogP contribution in [0.1, 0.15) is 42.9 Å². The second-order valence-corrected chi connectivity index (χ2v) is 8.16. The van der Waals surface area contributed by atoms with Gasteiger partial charge in [-0.25, -0.2) is 0 Å². The van der Waals surface area contributed by atoms with Crippen molar-refractivity contribution in [2.45, 2.75) is 40.0 Å². The van der Waals surface area contributed by atoms with Gasteiger partial charge in [0.05, 0.1) is 0 Å². The predicted molar refractivity (Wildman–Crippen MR) is 118 cm³/mol. The molecular weight excluding hydrogens is 346 g/mol. The number of anilines is 2. The average Bonchev–Trinajstić information content (AvgIpc) is 2.68. The lowest BCUT2D eigenvalue weighted by atomic mass is 9.98. The predicted octanol–water partition coefficient (Wildman–Crippen LogP) is 4.58. The van der Waals surface area contributed by atoms with Crippen LogP contribution in [0.5, 0.6) is 0 Å². The lowest BCUT2D eigenvalue weighted by molar-refractivity contribution is -0.116. The highest BCUT2D eigenvalue weighted by Gasteiger charge is 2.18. The minimum absolute atomic E-state index is 0.109. The molecule has 0 spiro atoms. The zero-order valence-electron chi connectivity index (χ0n) is 17.7. The molecule has 1 aliphatic rings. The van der Waals surface area contributed by atoms with Gasteiger partial charge in [0.25, 0.3) is 0 Å². The van der Waals surface area contributed by atoms with Crippen molar-refractivity contribution in [2.75, 3.05) is 42.9 Å². The van der Waals surface area contributed by atoms with E-state index in [0.29, 0.717) is 12.3 Å². The Hall–Kier alpha value is -2.33. The molecule has 0 aliphatic carbocycles. The van der Waals surface area contributed by atoms with Gasteiger partial charge in [-0.15, -0.1) is 0 Å². The Labute approximate surface area is 169 Å². The van der Waals surface area contributed by atoms with Crippen molar-refractivity contribution in [3.63, 3.8) is 0 Å². The second-order valence-electron chi connectivity index (χ2n) is 8.16. The first-order valence-electron chi connectivity index (χ1n) is 10.4. The highest BCUT2D eigenvalue weighted by molar-refractivity contribution is 5.92. The molecule has 150 valence electrons. The summed E-state index contributed by atoms with van der Waals surface area (Å²) in [5, 5.41) is 3.16. The molecule has 4 heteroatoms. The molecule has 1 aliphatic heterocycles. The normalized spacial score (nSPS) is 15.1. The summed E-state index contributed by atoms with van der Waals surface area (Å²) >= 11 is 0. The summed E-state index contributed by atoms with van der Waals surface area (Å²) in [6.07, 6.45) is 0.538. The van der Waals surface area contributed by atoms with E-state index in [2.05, 4.69) is 85.3 Å². The quantitative estimate of drug-likeness (QED) is 0.798. The summed E-state index contributed by atoms with van der Waals surface area (Å²) in [5.41, 5.74) is 5.94. The van der Waals surface area contributed by atoms with Gasteiger partial charge in [-0.2, -0.15) is 0 Å². The fraction of sp³-hybridized carbons (Fsp3) is 0.458. The third-order valence-corrected chi connectivity index (χ3v) is 5.59. The van der Waals surface area contributed by atoms with E-state index < -0.39 is 0 Å². The Morgan fingerprint density at radius 3 is 2.43 bits per heavy atom. The van der Waals surface area contributed by atoms with Gasteiger partial charge in [0.1, 0.15) is 0 Å². The number of para-hydroxylation sites is 1. The molecular formula is C24H33N3O. The van der Waals surface area contributed by atoms with Gasteiger partial charge in [0, 0.05) is 50.5 Å². The molecule has 1 amide bonds. The summed E-state index contributed by atoms with van der Waals surface area (Å²) in [7, 11) is 0. The molecule has 0 aromatic heterocycles. The molecule has 28 heavy (non-hydrogen) atoms. The zero-order valence-corrected chi connectivity index (χ0v) is 17.7. The minimum atomic E-state index is 0.109. The standard InChI is InChI=1S/C24H33N3O/c1-18(2)22-10-6-8-20(4)24(22)25-23(28)11-12-26-13-15-27(16-14-26)21-9-5-7-19(3)17-21/h5-10,17-18H,11-16H2,1-4H3,(H,25,28). The van der Waals surface area contributed by atoms with E-state index >= 15 is 0 Å². The SMILES string of the molecule is Cc1cccc(N2CCN(CCC(=O)Nc3c(C)cccc3C(C)C)CC2)c1. The van der Waals surface area contributed by atoms with Gasteiger partial charge in [0.2, 0.25) is 5.91 Å². The maximum atomic E-state index is 12.6. The van der Waals surface area contributed by atoms with Crippen LogP contribution in [0.15, 0.2) is 42.5 Å². The molecule has 3 rings (SSSR count). The third-order valence-electron chi connectivity index (χ3n) is 5.59. The van der Waals surface area contributed by atoms with Crippen LogP contribution in [0.4, 0.5) is 11.4 Å². The summed E-state index contributed by atoms with van der Waals surface area (Å²) in [6, 6.07) is 14.9. The highest BCUT2D eigenvalue weighted by atomic mass is 16.1. The average molecular weight is 380 g/mol. The largest absolute Gasteiger partial charge is 0.369 e. The third kappa shape index (κ3) is 5.14. The number of piperazine rings is 1. The molecule has 1 saturated heterocycles. The Morgan fingerprint density at radius 1 is 1.04 bits per heavy atom. The number of hydrogen-bond donors (Lipinski definition) is 1. The number of aryl methyl sites for hydroxylation is 2. The van der Waals surface area contributed by atoms with Crippen molar-refractivity contribution in [2.24, 2.45) is 0 Å². The van der Waals surface area contributed by atoms with Gasteiger partial charge >= 0.3 is 0 Å². The molecule has 2 aromatic rings. The molecule has 0 atom stereocenters. The lowest BCUT2D eigenvalue weighted by Gasteiger charge is -2.36. The van der Waals surface area contributed by atoms with Gasteiger partial charge < -0.3 is 10.2 Å². The van der Waals surface area contributed by atoms with Crippen molar-refractivity contribution < 1.29 is 4.79 Å². The van der Waals surface area contributed by atoms with E-state index in [0.717, 1.165) is 44.0 Å². The summed E-state index contributed by atoms with van der Waals surface area (Å²) < 4.78 is 0. The molecule has 1 fully saturated rings. The van der Waals surface area contributed by atoms with E-state index in [1.54, 1.807) is 0 Å². The van der Waals surface area contributed by atoms with E-state index in [1.165, 1.54) is 16.8 Å². The van der Waals surface area contributed by atoms with Crippen LogP contribution in [-0.4, -0.2) is 43.5 Å². The van der Waals surface area contributed by atoms with Gasteiger partial charge in [-0.05, 0) is 48.6 Å². The summed E-state index contributed by atoms with van der Waals surface area (Å²) in [4.78, 5) is 17.4. The maximum absolute atomic E-state index is 12.6. The van der Waals surface area contributed by atoms with Crippen molar-refractivity contribution in [3.05, 3.63) is 59.2 Å². The summed E-state index contributed by atoms with van der Waals surface area (Å²) in [5.74, 6) is 0.502. The van der Waals surface area contributed by atoms with E-state index in [-0.39, 0.29) is 5.91 Å². The topological polar surface area (TPSA) is 35.6 Å². The van der Waals surface area contributed by atoms with Crippen LogP contribution in [-0.2, 0) is 4.79 Å². The smallest absolute Gasteiger partial charge is 0.225 e. The maximum Gasteiger partial charge on any atom is 0.225 e. The monoisotopic (exact) mass is 379 g/mol. The van der Waals surface area contributed by atoms with Crippen LogP contribution in [0.25, 0.3) is 0 Å². The molecule has 0 radical (unpaired) electrons. The van der Waals surface area contributed by atoms with Crippen molar-refractivity contribution in [1.29, 1.82) is 0 Å². The lowest BCUT2D eigenvalue weighted by Crippen LogP contribution is -2.47. The molecule has 0 bridgehead atoms. The Balaban J connectivity index is 1.49. The molecule has 0 unspecified atom stereocenters. The van der Waals surface area contributed by atoms with Crippen LogP contribution >= 0.6 is 0 Å². The van der Waals surface area contributed by atoms with Crippen LogP contribution in [0.3, 0.4) is 0 Å². The number of carbonyl (C=O) groups excluding carboxylic acids is 1. The molecule has 1 N–H and O–H groups in total. The van der Waals surface area contributed by atoms with Gasteiger partial charge in [0.15, 0.2) is 0 Å². The number of rotatable bonds is 6. The van der Waals surface area contributed by atoms with Gasteiger partial charge in [-0.3, -0.25) is 9.69 Å². The first-order valence-corrected chi connectivity index (χ1v) is 10.4. The number of benzene rings is 2. The van der Waals surface area contributed by atoms with Crippen molar-refractivity contribution in [3.8, 4) is 0 Å². The van der Waals surface area contributed by atoms with E-state index in [4.69, 9.17) is 0 Å². The molecule has 4 nitrogen and oxygen atoms in total. The van der Waals surface area contributed by atoms with Gasteiger partial charge in [-0.1, -0.05) is 44.2 Å². The molecule has 0 saturated carbocycles. The Bertz CT molecular complexity index is 807.